The van der Waals surface area contributed by atoms with Crippen molar-refractivity contribution in [2.24, 2.45) is 0 Å². The third-order valence-electron chi connectivity index (χ3n) is 6.80. The molecule has 0 bridgehead atoms. The van der Waals surface area contributed by atoms with Gasteiger partial charge in [0.1, 0.15) is 5.82 Å². The summed E-state index contributed by atoms with van der Waals surface area (Å²) in [5, 5.41) is 13.2. The molecule has 1 atom stereocenters. The number of nitrogens with zero attached hydrogens (tertiary/aromatic N) is 3. The first kappa shape index (κ1) is 23.8. The summed E-state index contributed by atoms with van der Waals surface area (Å²) in [5.41, 5.74) is 2.66. The van der Waals surface area contributed by atoms with Crippen molar-refractivity contribution in [3.8, 4) is 0 Å². The van der Waals surface area contributed by atoms with E-state index in [4.69, 9.17) is 0 Å². The molecule has 4 heterocycles. The maximum atomic E-state index is 14.8. The maximum absolute atomic E-state index is 14.8. The number of hydrogen-bond donors (Lipinski definition) is 3. The predicted molar refractivity (Wildman–Crippen MR) is 132 cm³/mol. The van der Waals surface area contributed by atoms with Gasteiger partial charge in [0.15, 0.2) is 0 Å². The number of thioether (sulfide) groups is 1. The van der Waals surface area contributed by atoms with Crippen molar-refractivity contribution in [2.45, 2.75) is 31.7 Å². The molecule has 0 spiro atoms. The van der Waals surface area contributed by atoms with E-state index in [2.05, 4.69) is 20.8 Å². The third kappa shape index (κ3) is 5.06. The number of aromatic amines is 1. The van der Waals surface area contributed by atoms with Crippen molar-refractivity contribution in [1.29, 1.82) is 0 Å². The lowest BCUT2D eigenvalue weighted by atomic mass is 9.99. The van der Waals surface area contributed by atoms with Gasteiger partial charge in [0.25, 0.3) is 11.5 Å². The number of carbonyl (C=O) groups excluding carboxylic acids is 2. The predicted octanol–water partition coefficient (Wildman–Crippen LogP) is 1.19. The molecule has 3 N–H and O–H groups in total. The Labute approximate surface area is 206 Å². The van der Waals surface area contributed by atoms with Crippen molar-refractivity contribution < 1.29 is 14.0 Å². The van der Waals surface area contributed by atoms with Gasteiger partial charge in [0.05, 0.1) is 23.0 Å². The molecule has 2 saturated heterocycles. The van der Waals surface area contributed by atoms with Crippen LogP contribution in [0.5, 0.6) is 0 Å². The molecule has 9 nitrogen and oxygen atoms in total. The Morgan fingerprint density at radius 1 is 1.14 bits per heavy atom. The first-order chi connectivity index (χ1) is 17.0. The van der Waals surface area contributed by atoms with E-state index >= 15 is 0 Å². The van der Waals surface area contributed by atoms with E-state index in [1.807, 2.05) is 4.90 Å². The molecule has 0 unspecified atom stereocenters. The van der Waals surface area contributed by atoms with E-state index in [9.17, 15) is 18.8 Å². The zero-order valence-electron chi connectivity index (χ0n) is 19.4. The Balaban J connectivity index is 1.30. The van der Waals surface area contributed by atoms with Gasteiger partial charge in [-0.3, -0.25) is 19.7 Å². The van der Waals surface area contributed by atoms with Crippen molar-refractivity contribution in [2.75, 3.05) is 49.7 Å². The summed E-state index contributed by atoms with van der Waals surface area (Å²) >= 11 is 1.70. The van der Waals surface area contributed by atoms with Crippen LogP contribution in [-0.4, -0.2) is 82.2 Å². The van der Waals surface area contributed by atoms with Gasteiger partial charge in [-0.25, -0.2) is 9.49 Å². The van der Waals surface area contributed by atoms with E-state index in [0.717, 1.165) is 35.8 Å². The fourth-order valence-corrected chi connectivity index (χ4v) is 5.84. The molecular formula is C24H29FN6O3S. The minimum Gasteiger partial charge on any atom is -0.383 e. The summed E-state index contributed by atoms with van der Waals surface area (Å²) in [6.07, 6.45) is 2.58. The number of aromatic nitrogens is 2. The van der Waals surface area contributed by atoms with Gasteiger partial charge in [-0.2, -0.15) is 5.10 Å². The van der Waals surface area contributed by atoms with Crippen LogP contribution in [0.2, 0.25) is 0 Å². The fraction of sp³-hybridized carbons (Fsp3) is 0.500. The van der Waals surface area contributed by atoms with Crippen LogP contribution in [0.4, 0.5) is 10.1 Å². The number of nitrogens with one attached hydrogen (secondary N) is 3. The highest BCUT2D eigenvalue weighted by Gasteiger charge is 2.30. The Morgan fingerprint density at radius 2 is 1.97 bits per heavy atom. The van der Waals surface area contributed by atoms with Crippen LogP contribution in [0, 0.1) is 5.82 Å². The number of rotatable bonds is 4. The number of hydrogen-bond acceptors (Lipinski definition) is 7. The van der Waals surface area contributed by atoms with Gasteiger partial charge in [-0.05, 0) is 37.0 Å². The van der Waals surface area contributed by atoms with Crippen LogP contribution in [0.15, 0.2) is 23.0 Å². The van der Waals surface area contributed by atoms with Gasteiger partial charge < -0.3 is 15.1 Å². The first-order valence-electron chi connectivity index (χ1n) is 12.0. The zero-order chi connectivity index (χ0) is 24.4. The average molecular weight is 501 g/mol. The summed E-state index contributed by atoms with van der Waals surface area (Å²) in [6, 6.07) is 4.36. The largest absolute Gasteiger partial charge is 0.383 e. The average Bonchev–Trinajstić information content (AvgIpc) is 3.31. The van der Waals surface area contributed by atoms with Gasteiger partial charge in [0, 0.05) is 56.3 Å². The van der Waals surface area contributed by atoms with Crippen LogP contribution >= 0.6 is 11.8 Å². The lowest BCUT2D eigenvalue weighted by Gasteiger charge is -2.24. The van der Waals surface area contributed by atoms with Crippen LogP contribution in [0.3, 0.4) is 0 Å². The smallest absolute Gasteiger partial charge is 0.269 e. The van der Waals surface area contributed by atoms with Crippen molar-refractivity contribution >= 4 is 29.3 Å². The topological polar surface area (TPSA) is 110 Å². The van der Waals surface area contributed by atoms with E-state index in [1.165, 1.54) is 6.07 Å². The molecule has 0 saturated carbocycles. The van der Waals surface area contributed by atoms with E-state index in [-0.39, 0.29) is 29.0 Å². The molecule has 0 aliphatic carbocycles. The van der Waals surface area contributed by atoms with Crippen molar-refractivity contribution in [3.05, 3.63) is 56.8 Å². The number of halogens is 1. The Hall–Kier alpha value is -2.92. The molecule has 11 heteroatoms. The molecule has 5 rings (SSSR count). The molecule has 186 valence electrons. The monoisotopic (exact) mass is 500 g/mol. The normalized spacial score (nSPS) is 20.2. The second kappa shape index (κ2) is 10.4. The SMILES string of the molecule is O=C(c1cc(Cc2n[nH]c(=O)c3c2NCCC3)ccc1F)N1CCCN(C(=O)[C@@H]2CSCN2)CC1. The highest BCUT2D eigenvalue weighted by molar-refractivity contribution is 7.99. The standard InChI is InChI=1S/C24H29FN6O3S/c25-18-5-4-15(12-19-21-16(3-1-6-26-21)22(32)29-28-19)11-17(18)23(33)30-7-2-8-31(10-9-30)24(34)20-13-35-14-27-20/h4-5,11,20,26-27H,1-3,6-10,12-14H2,(H,29,32)/t20-/m0/s1. The Kier molecular flexibility index (Phi) is 7.05. The van der Waals surface area contributed by atoms with Gasteiger partial charge in [-0.15, -0.1) is 11.8 Å². The highest BCUT2D eigenvalue weighted by Crippen LogP contribution is 2.24. The molecule has 2 fully saturated rings. The van der Waals surface area contributed by atoms with E-state index in [1.54, 1.807) is 28.8 Å². The molecule has 35 heavy (non-hydrogen) atoms. The molecule has 1 aromatic heterocycles. The quantitative estimate of drug-likeness (QED) is 0.579. The third-order valence-corrected chi connectivity index (χ3v) is 7.74. The molecule has 2 aromatic rings. The lowest BCUT2D eigenvalue weighted by molar-refractivity contribution is -0.132. The molecule has 0 radical (unpaired) electrons. The minimum absolute atomic E-state index is 0.0161. The number of fused-ring (bicyclic) bond motifs is 1. The molecule has 3 aliphatic rings. The maximum Gasteiger partial charge on any atom is 0.269 e. The number of amides is 2. The molecule has 2 amide bonds. The van der Waals surface area contributed by atoms with Crippen molar-refractivity contribution in [1.82, 2.24) is 25.3 Å². The number of benzene rings is 1. The van der Waals surface area contributed by atoms with Crippen LogP contribution in [0.1, 0.15) is 40.0 Å². The number of anilines is 1. The van der Waals surface area contributed by atoms with Crippen molar-refractivity contribution in [3.63, 3.8) is 0 Å². The summed E-state index contributed by atoms with van der Waals surface area (Å²) < 4.78 is 14.8. The zero-order valence-corrected chi connectivity index (χ0v) is 20.3. The summed E-state index contributed by atoms with van der Waals surface area (Å²) in [4.78, 5) is 41.6. The van der Waals surface area contributed by atoms with E-state index < -0.39 is 5.82 Å². The lowest BCUT2D eigenvalue weighted by Crippen LogP contribution is -2.46. The van der Waals surface area contributed by atoms with Crippen LogP contribution < -0.4 is 16.2 Å². The molecular weight excluding hydrogens is 471 g/mol. The summed E-state index contributed by atoms with van der Waals surface area (Å²) in [7, 11) is 0. The first-order valence-corrected chi connectivity index (χ1v) is 13.2. The Morgan fingerprint density at radius 3 is 2.80 bits per heavy atom. The summed E-state index contributed by atoms with van der Waals surface area (Å²) in [6.45, 7) is 2.63. The second-order valence-corrected chi connectivity index (χ2v) is 10.1. The molecule has 1 aromatic carbocycles. The highest BCUT2D eigenvalue weighted by atomic mass is 32.2. The second-order valence-electron chi connectivity index (χ2n) is 9.12. The van der Waals surface area contributed by atoms with Crippen LogP contribution in [-0.2, 0) is 17.6 Å². The number of carbonyl (C=O) groups is 2. The van der Waals surface area contributed by atoms with Crippen LogP contribution in [0.25, 0.3) is 0 Å². The van der Waals surface area contributed by atoms with Gasteiger partial charge >= 0.3 is 0 Å². The molecule has 3 aliphatic heterocycles. The van der Waals surface area contributed by atoms with E-state index in [0.29, 0.717) is 56.7 Å². The van der Waals surface area contributed by atoms with Gasteiger partial charge in [0.2, 0.25) is 5.91 Å². The Bertz CT molecular complexity index is 1180. The minimum atomic E-state index is -0.572. The fourth-order valence-electron chi connectivity index (χ4n) is 4.91. The number of H-pyrrole nitrogens is 1. The summed E-state index contributed by atoms with van der Waals surface area (Å²) in [5.74, 6) is 0.667. The van der Waals surface area contributed by atoms with Gasteiger partial charge in [-0.1, -0.05) is 6.07 Å².